The molecule has 0 N–H and O–H groups in total. The Morgan fingerprint density at radius 3 is 0.776 bits per heavy atom. The first-order valence-corrected chi connectivity index (χ1v) is 19.4. The predicted molar refractivity (Wildman–Crippen MR) is 197 cm³/mol. The van der Waals surface area contributed by atoms with Gasteiger partial charge in [-0.15, -0.1) is 0 Å². The van der Waals surface area contributed by atoms with E-state index >= 15 is 0 Å². The van der Waals surface area contributed by atoms with Crippen molar-refractivity contribution in [1.82, 2.24) is 0 Å². The summed E-state index contributed by atoms with van der Waals surface area (Å²) in [6, 6.07) is 0. The fourth-order valence-electron chi connectivity index (χ4n) is 5.31. The maximum absolute atomic E-state index is 11.1. The molecule has 8 nitrogen and oxygen atoms in total. The minimum absolute atomic E-state index is 0. The molecule has 0 heterocycles. The number of carboxylic acids is 2. The Hall–Kier alpha value is -1.38. The molecule has 280 valence electrons. The van der Waals surface area contributed by atoms with Crippen molar-refractivity contribution >= 4 is 61.6 Å². The van der Waals surface area contributed by atoms with Crippen molar-refractivity contribution in [3.63, 3.8) is 0 Å². The third-order valence-electron chi connectivity index (χ3n) is 8.20. The molecule has 0 fully saturated rings. The summed E-state index contributed by atoms with van der Waals surface area (Å²) in [4.78, 5) is 42.4. The zero-order valence-electron chi connectivity index (χ0n) is 31.5. The van der Waals surface area contributed by atoms with E-state index in [1.807, 2.05) is 0 Å². The van der Waals surface area contributed by atoms with E-state index in [4.69, 9.17) is 9.47 Å². The average molecular weight is 719 g/mol. The van der Waals surface area contributed by atoms with Crippen LogP contribution in [0, 0.1) is 0 Å². The van der Waals surface area contributed by atoms with Crippen LogP contribution < -0.4 is 10.2 Å². The minimum atomic E-state index is -1.39. The van der Waals surface area contributed by atoms with E-state index in [9.17, 15) is 29.4 Å². The topological polar surface area (TPSA) is 133 Å². The maximum atomic E-state index is 11.1. The van der Waals surface area contributed by atoms with Crippen LogP contribution in [0.3, 0.4) is 0 Å². The van der Waals surface area contributed by atoms with E-state index in [1.54, 1.807) is 0 Å². The number of aliphatic carboxylic acids is 2. The van der Waals surface area contributed by atoms with Crippen molar-refractivity contribution in [3.8, 4) is 0 Å². The summed E-state index contributed by atoms with van der Waals surface area (Å²) in [5.74, 6) is -4.00. The van der Waals surface area contributed by atoms with Crippen molar-refractivity contribution in [3.05, 3.63) is 24.3 Å². The molecule has 0 spiro atoms. The van der Waals surface area contributed by atoms with Crippen LogP contribution in [-0.2, 0) is 28.7 Å². The van der Waals surface area contributed by atoms with Crippen LogP contribution in [0.15, 0.2) is 24.3 Å². The van der Waals surface area contributed by atoms with Gasteiger partial charge in [0.2, 0.25) is 0 Å². The maximum Gasteiger partial charge on any atom is 2.00 e. The molecule has 0 aromatic rings. The van der Waals surface area contributed by atoms with Gasteiger partial charge in [0.1, 0.15) is 0 Å². The molecule has 0 rings (SSSR count). The molecule has 9 heteroatoms. The molecular formula is C40H70CaO8. The second-order valence-electron chi connectivity index (χ2n) is 12.8. The molecule has 0 amide bonds. The monoisotopic (exact) mass is 718 g/mol. The largest absolute Gasteiger partial charge is 2.00 e. The van der Waals surface area contributed by atoms with Crippen molar-refractivity contribution in [1.29, 1.82) is 0 Å². The van der Waals surface area contributed by atoms with Crippen LogP contribution in [0.1, 0.15) is 194 Å². The van der Waals surface area contributed by atoms with Crippen LogP contribution in [-0.4, -0.2) is 74.8 Å². The number of esters is 2. The summed E-state index contributed by atoms with van der Waals surface area (Å²) in [7, 11) is 0. The molecule has 0 aliphatic rings. The molecule has 0 aliphatic heterocycles. The van der Waals surface area contributed by atoms with E-state index < -0.39 is 23.9 Å². The van der Waals surface area contributed by atoms with Crippen molar-refractivity contribution in [2.24, 2.45) is 0 Å². The van der Waals surface area contributed by atoms with Crippen molar-refractivity contribution in [2.45, 2.75) is 194 Å². The summed E-state index contributed by atoms with van der Waals surface area (Å²) >= 11 is 0. The fraction of sp³-hybridized carbons (Fsp3) is 0.800. The Balaban J connectivity index is -0.000000846. The van der Waals surface area contributed by atoms with Gasteiger partial charge < -0.3 is 29.3 Å². The van der Waals surface area contributed by atoms with Crippen LogP contribution in [0.2, 0.25) is 0 Å². The third-order valence-corrected chi connectivity index (χ3v) is 8.20. The van der Waals surface area contributed by atoms with Gasteiger partial charge in [-0.1, -0.05) is 181 Å². The van der Waals surface area contributed by atoms with Gasteiger partial charge in [0.15, 0.2) is 0 Å². The number of hydrogen-bond acceptors (Lipinski definition) is 8. The third kappa shape index (κ3) is 51.1. The molecular weight excluding hydrogens is 649 g/mol. The Labute approximate surface area is 329 Å². The second-order valence-corrected chi connectivity index (χ2v) is 12.8. The molecule has 49 heavy (non-hydrogen) atoms. The number of carbonyl (C=O) groups excluding carboxylic acids is 4. The Bertz CT molecular complexity index is 746. The number of carboxylic acid groups (broad SMARTS) is 2. The summed E-state index contributed by atoms with van der Waals surface area (Å²) in [6.45, 7) is 5.22. The Kier molecular flexibility index (Phi) is 47.4. The second kappa shape index (κ2) is 44.6. The Morgan fingerprint density at radius 2 is 0.571 bits per heavy atom. The van der Waals surface area contributed by atoms with Crippen LogP contribution in [0.25, 0.3) is 0 Å². The Morgan fingerprint density at radius 1 is 0.367 bits per heavy atom. The van der Waals surface area contributed by atoms with Gasteiger partial charge in [0.25, 0.3) is 0 Å². The molecule has 0 aliphatic carbocycles. The molecule has 0 unspecified atom stereocenters. The SMILES string of the molecule is CCCCCCCCCCCCCCCCOC(=O)/C=C/C(=O)[O-].CCCCCCCCCCCCCCCCOC(=O)/C=C/C(=O)[O-].[Ca+2]. The average Bonchev–Trinajstić information content (AvgIpc) is 3.06. The van der Waals surface area contributed by atoms with Gasteiger partial charge in [-0.25, -0.2) is 9.59 Å². The van der Waals surface area contributed by atoms with Crippen molar-refractivity contribution in [2.75, 3.05) is 13.2 Å². The number of hydrogen-bond donors (Lipinski definition) is 0. The number of rotatable bonds is 34. The minimum Gasteiger partial charge on any atom is -0.545 e. The summed E-state index contributed by atoms with van der Waals surface area (Å²) < 4.78 is 9.77. The molecule has 0 atom stereocenters. The van der Waals surface area contributed by atoms with E-state index in [0.717, 1.165) is 37.8 Å². The van der Waals surface area contributed by atoms with E-state index in [0.29, 0.717) is 25.4 Å². The molecule has 0 bridgehead atoms. The van der Waals surface area contributed by atoms with Gasteiger partial charge in [0.05, 0.1) is 25.2 Å². The number of carbonyl (C=O) groups is 4. The zero-order chi connectivity index (χ0) is 35.8. The first-order chi connectivity index (χ1) is 23.3. The number of ether oxygens (including phenoxy) is 2. The summed E-state index contributed by atoms with van der Waals surface area (Å²) in [6.07, 6.45) is 39.1. The smallest absolute Gasteiger partial charge is 0.545 e. The van der Waals surface area contributed by atoms with Crippen LogP contribution in [0.5, 0.6) is 0 Å². The van der Waals surface area contributed by atoms with E-state index in [-0.39, 0.29) is 37.7 Å². The molecule has 0 radical (unpaired) electrons. The van der Waals surface area contributed by atoms with Gasteiger partial charge in [-0.3, -0.25) is 0 Å². The normalized spacial score (nSPS) is 10.8. The summed E-state index contributed by atoms with van der Waals surface area (Å²) in [5.41, 5.74) is 0. The van der Waals surface area contributed by atoms with Crippen LogP contribution >= 0.6 is 0 Å². The van der Waals surface area contributed by atoms with Crippen LogP contribution in [0.4, 0.5) is 0 Å². The zero-order valence-corrected chi connectivity index (χ0v) is 33.7. The number of unbranched alkanes of at least 4 members (excludes halogenated alkanes) is 26. The van der Waals surface area contributed by atoms with Crippen molar-refractivity contribution < 1.29 is 38.9 Å². The van der Waals surface area contributed by atoms with Gasteiger partial charge in [-0.2, -0.15) is 0 Å². The molecule has 0 saturated heterocycles. The van der Waals surface area contributed by atoms with E-state index in [1.165, 1.54) is 154 Å². The molecule has 0 saturated carbocycles. The van der Waals surface area contributed by atoms with Gasteiger partial charge in [0, 0.05) is 12.2 Å². The van der Waals surface area contributed by atoms with E-state index in [2.05, 4.69) is 13.8 Å². The fourth-order valence-corrected chi connectivity index (χ4v) is 5.31. The predicted octanol–water partition coefficient (Wildman–Crippen LogP) is 8.25. The summed E-state index contributed by atoms with van der Waals surface area (Å²) in [5, 5.41) is 20.2. The first kappa shape index (κ1) is 52.0. The van der Waals surface area contributed by atoms with Gasteiger partial charge >= 0.3 is 49.7 Å². The molecule has 0 aromatic carbocycles. The quantitative estimate of drug-likeness (QED) is 0.0281. The molecule has 0 aromatic heterocycles. The standard InChI is InChI=1S/2C20H36O4.Ca/c2*1-2-3-4-5-6-7-8-9-10-11-12-13-14-15-18-24-20(23)17-16-19(21)22;/h2*16-17H,2-15,18H2,1H3,(H,21,22);/q;;+2/p-2/b2*17-16+;. The first-order valence-electron chi connectivity index (χ1n) is 19.4. The van der Waals surface area contributed by atoms with Gasteiger partial charge in [-0.05, 0) is 25.0 Å².